The normalized spacial score (nSPS) is 29.2. The number of nitriles is 1. The molecule has 186 valence electrons. The third-order valence-electron chi connectivity index (χ3n) is 6.83. The number of carbonyl (C=O) groups excluding carboxylic acids is 2. The lowest BCUT2D eigenvalue weighted by Gasteiger charge is -2.37. The van der Waals surface area contributed by atoms with E-state index in [9.17, 15) is 14.9 Å². The number of nitrogens with zero attached hydrogens (tertiary/aromatic N) is 3. The standard InChI is InChI=1S/C25H35N3O6/c1-16-21(32-5)14-28(3)25(30)19-8-6-7-17(13-26)23(19)33-15-22-20(31-4)10-9-18(34-22)11-12-27(2)24(16)29/h6-8,16,18,20-22H,9-12,14-15H2,1-5H3/t16-,18-,20-,21+,22+/m0/s1. The van der Waals surface area contributed by atoms with Gasteiger partial charge in [-0.1, -0.05) is 13.0 Å². The summed E-state index contributed by atoms with van der Waals surface area (Å²) in [5.74, 6) is -0.582. The number of hydrogen-bond donors (Lipinski definition) is 0. The third kappa shape index (κ3) is 5.69. The lowest BCUT2D eigenvalue weighted by Crippen LogP contribution is -2.47. The summed E-state index contributed by atoms with van der Waals surface area (Å²) in [6, 6.07) is 7.04. The Morgan fingerprint density at radius 1 is 1.06 bits per heavy atom. The van der Waals surface area contributed by atoms with Gasteiger partial charge in [-0.25, -0.2) is 0 Å². The van der Waals surface area contributed by atoms with Crippen molar-refractivity contribution in [3.8, 4) is 11.8 Å². The van der Waals surface area contributed by atoms with Gasteiger partial charge in [-0.15, -0.1) is 0 Å². The fraction of sp³-hybridized carbons (Fsp3) is 0.640. The molecule has 0 unspecified atom stereocenters. The van der Waals surface area contributed by atoms with Crippen LogP contribution in [0.5, 0.6) is 5.75 Å². The number of carbonyl (C=O) groups is 2. The SMILES string of the molecule is CO[C@H]1CC[C@H]2CCN(C)C(=O)[C@@H](C)[C@H](OC)CN(C)C(=O)c3cccc(C#N)c3OC[C@H]1O2. The Labute approximate surface area is 201 Å². The Bertz CT molecular complexity index is 916. The van der Waals surface area contributed by atoms with Crippen molar-refractivity contribution in [1.82, 2.24) is 9.80 Å². The van der Waals surface area contributed by atoms with Crippen molar-refractivity contribution >= 4 is 11.8 Å². The molecule has 0 saturated carbocycles. The molecule has 0 N–H and O–H groups in total. The second-order valence-corrected chi connectivity index (χ2v) is 9.05. The van der Waals surface area contributed by atoms with Gasteiger partial charge in [0.15, 0.2) is 0 Å². The summed E-state index contributed by atoms with van der Waals surface area (Å²) in [5.41, 5.74) is 0.552. The number of fused-ring (bicyclic) bond motifs is 3. The number of para-hydroxylation sites is 1. The third-order valence-corrected chi connectivity index (χ3v) is 6.83. The number of ether oxygens (including phenoxy) is 4. The number of methoxy groups -OCH3 is 2. The molecule has 34 heavy (non-hydrogen) atoms. The van der Waals surface area contributed by atoms with Crippen LogP contribution in [0.3, 0.4) is 0 Å². The minimum Gasteiger partial charge on any atom is -0.489 e. The number of amides is 2. The maximum Gasteiger partial charge on any atom is 0.257 e. The van der Waals surface area contributed by atoms with Gasteiger partial charge in [0.05, 0.1) is 35.4 Å². The predicted molar refractivity (Wildman–Crippen MR) is 125 cm³/mol. The van der Waals surface area contributed by atoms with Crippen molar-refractivity contribution in [3.05, 3.63) is 29.3 Å². The van der Waals surface area contributed by atoms with Crippen LogP contribution < -0.4 is 4.74 Å². The second kappa shape index (κ2) is 11.6. The molecule has 1 saturated heterocycles. The first-order valence-electron chi connectivity index (χ1n) is 11.7. The molecule has 9 nitrogen and oxygen atoms in total. The summed E-state index contributed by atoms with van der Waals surface area (Å²) in [6.07, 6.45) is 1.25. The molecular formula is C25H35N3O6. The summed E-state index contributed by atoms with van der Waals surface area (Å²) in [7, 11) is 6.61. The Kier molecular flexibility index (Phi) is 8.89. The van der Waals surface area contributed by atoms with Gasteiger partial charge in [-0.05, 0) is 31.4 Å². The maximum atomic E-state index is 13.4. The molecule has 5 atom stereocenters. The van der Waals surface area contributed by atoms with E-state index < -0.39 is 12.0 Å². The van der Waals surface area contributed by atoms with Gasteiger partial charge < -0.3 is 28.7 Å². The molecule has 2 amide bonds. The van der Waals surface area contributed by atoms with E-state index in [0.29, 0.717) is 13.0 Å². The van der Waals surface area contributed by atoms with Gasteiger partial charge in [0.25, 0.3) is 5.91 Å². The van der Waals surface area contributed by atoms with E-state index in [0.717, 1.165) is 12.8 Å². The second-order valence-electron chi connectivity index (χ2n) is 9.05. The molecule has 0 radical (unpaired) electrons. The van der Waals surface area contributed by atoms with Gasteiger partial charge in [-0.3, -0.25) is 9.59 Å². The molecule has 2 heterocycles. The zero-order valence-electron chi connectivity index (χ0n) is 20.7. The summed E-state index contributed by atoms with van der Waals surface area (Å²) in [6.45, 7) is 2.72. The molecule has 1 aromatic rings. The van der Waals surface area contributed by atoms with Gasteiger partial charge in [0.1, 0.15) is 24.5 Å². The monoisotopic (exact) mass is 473 g/mol. The molecule has 0 aliphatic carbocycles. The topological polar surface area (TPSA) is 101 Å². The minimum atomic E-state index is -0.488. The Hall–Kier alpha value is -2.67. The lowest BCUT2D eigenvalue weighted by atomic mass is 9.98. The molecule has 2 aliphatic rings. The van der Waals surface area contributed by atoms with Crippen LogP contribution in [0.4, 0.5) is 0 Å². The van der Waals surface area contributed by atoms with Crippen LogP contribution in [0.2, 0.25) is 0 Å². The van der Waals surface area contributed by atoms with Gasteiger partial charge >= 0.3 is 0 Å². The summed E-state index contributed by atoms with van der Waals surface area (Å²) < 4.78 is 23.6. The van der Waals surface area contributed by atoms with Crippen molar-refractivity contribution in [2.24, 2.45) is 5.92 Å². The minimum absolute atomic E-state index is 0.0441. The molecule has 9 heteroatoms. The van der Waals surface area contributed by atoms with E-state index in [1.54, 1.807) is 44.3 Å². The Balaban J connectivity index is 1.98. The average Bonchev–Trinajstić information content (AvgIpc) is 2.86. The van der Waals surface area contributed by atoms with Crippen LogP contribution in [0.15, 0.2) is 18.2 Å². The van der Waals surface area contributed by atoms with Gasteiger partial charge in [0, 0.05) is 41.4 Å². The molecule has 0 spiro atoms. The smallest absolute Gasteiger partial charge is 0.257 e. The van der Waals surface area contributed by atoms with Crippen LogP contribution in [0.1, 0.15) is 42.1 Å². The van der Waals surface area contributed by atoms with Crippen LogP contribution in [0, 0.1) is 17.2 Å². The summed E-state index contributed by atoms with van der Waals surface area (Å²) >= 11 is 0. The number of hydrogen-bond acceptors (Lipinski definition) is 7. The first-order chi connectivity index (χ1) is 16.3. The highest BCUT2D eigenvalue weighted by Gasteiger charge is 2.34. The first kappa shape index (κ1) is 25.9. The first-order valence-corrected chi connectivity index (χ1v) is 11.7. The van der Waals surface area contributed by atoms with Crippen LogP contribution in [0.25, 0.3) is 0 Å². The largest absolute Gasteiger partial charge is 0.489 e. The van der Waals surface area contributed by atoms with Crippen molar-refractivity contribution in [2.75, 3.05) is 48.0 Å². The van der Waals surface area contributed by atoms with Crippen molar-refractivity contribution in [3.63, 3.8) is 0 Å². The van der Waals surface area contributed by atoms with Gasteiger partial charge in [-0.2, -0.15) is 5.26 Å². The lowest BCUT2D eigenvalue weighted by molar-refractivity contribution is -0.147. The van der Waals surface area contributed by atoms with Crippen LogP contribution in [-0.4, -0.2) is 94.0 Å². The Morgan fingerprint density at radius 3 is 2.47 bits per heavy atom. The highest BCUT2D eigenvalue weighted by atomic mass is 16.6. The quantitative estimate of drug-likeness (QED) is 0.648. The van der Waals surface area contributed by atoms with E-state index in [1.807, 2.05) is 6.92 Å². The summed E-state index contributed by atoms with van der Waals surface area (Å²) in [5, 5.41) is 9.66. The fourth-order valence-electron chi connectivity index (χ4n) is 4.63. The summed E-state index contributed by atoms with van der Waals surface area (Å²) in [4.78, 5) is 29.7. The molecule has 1 fully saturated rings. The van der Waals surface area contributed by atoms with E-state index >= 15 is 0 Å². The Morgan fingerprint density at radius 2 is 1.79 bits per heavy atom. The molecule has 2 bridgehead atoms. The van der Waals surface area contributed by atoms with Crippen LogP contribution in [-0.2, 0) is 19.0 Å². The zero-order chi connectivity index (χ0) is 24.8. The van der Waals surface area contributed by atoms with E-state index in [2.05, 4.69) is 6.07 Å². The molecule has 3 rings (SSSR count). The van der Waals surface area contributed by atoms with Crippen LogP contribution >= 0.6 is 0 Å². The van der Waals surface area contributed by atoms with Crippen molar-refractivity contribution in [2.45, 2.75) is 50.6 Å². The van der Waals surface area contributed by atoms with E-state index in [-0.39, 0.29) is 60.2 Å². The van der Waals surface area contributed by atoms with Crippen molar-refractivity contribution < 1.29 is 28.5 Å². The number of benzene rings is 1. The molecular weight excluding hydrogens is 438 g/mol. The average molecular weight is 474 g/mol. The zero-order valence-corrected chi connectivity index (χ0v) is 20.7. The van der Waals surface area contributed by atoms with E-state index in [1.165, 1.54) is 12.0 Å². The number of rotatable bonds is 2. The molecule has 1 aromatic carbocycles. The molecule has 2 aliphatic heterocycles. The van der Waals surface area contributed by atoms with E-state index in [4.69, 9.17) is 18.9 Å². The maximum absolute atomic E-state index is 13.4. The highest BCUT2D eigenvalue weighted by molar-refractivity contribution is 5.97. The van der Waals surface area contributed by atoms with Crippen molar-refractivity contribution in [1.29, 1.82) is 5.26 Å². The predicted octanol–water partition coefficient (Wildman–Crippen LogP) is 2.08. The highest BCUT2D eigenvalue weighted by Crippen LogP contribution is 2.29. The van der Waals surface area contributed by atoms with Gasteiger partial charge in [0.2, 0.25) is 5.91 Å². The molecule has 0 aromatic heterocycles. The fourth-order valence-corrected chi connectivity index (χ4v) is 4.63. The number of likely N-dealkylation sites (N-methyl/N-ethyl adjacent to an activating group) is 1.